The summed E-state index contributed by atoms with van der Waals surface area (Å²) in [6.07, 6.45) is 5.45. The standard InChI is InChI=1S/C12H20N4/c1-8-3-4-10(9(2)7-8)15-12-14-6-5-11(13)16-12/h5-6,8-10H,3-4,7H2,1-2H3,(H3,13,14,15,16). The number of nitrogen functional groups attached to an aromatic ring is 1. The number of rotatable bonds is 2. The quantitative estimate of drug-likeness (QED) is 0.802. The summed E-state index contributed by atoms with van der Waals surface area (Å²) in [6, 6.07) is 2.19. The lowest BCUT2D eigenvalue weighted by molar-refractivity contribution is 0.276. The second-order valence-electron chi connectivity index (χ2n) is 4.95. The third-order valence-electron chi connectivity index (χ3n) is 3.42. The van der Waals surface area contributed by atoms with Crippen molar-refractivity contribution < 1.29 is 0 Å². The summed E-state index contributed by atoms with van der Waals surface area (Å²) in [7, 11) is 0. The van der Waals surface area contributed by atoms with Crippen molar-refractivity contribution in [3.63, 3.8) is 0 Å². The zero-order valence-electron chi connectivity index (χ0n) is 9.98. The molecule has 1 aromatic rings. The molecule has 1 aliphatic rings. The number of hydrogen-bond acceptors (Lipinski definition) is 4. The van der Waals surface area contributed by atoms with E-state index < -0.39 is 0 Å². The molecule has 1 heterocycles. The van der Waals surface area contributed by atoms with Crippen molar-refractivity contribution in [2.75, 3.05) is 11.1 Å². The van der Waals surface area contributed by atoms with E-state index in [1.54, 1.807) is 12.3 Å². The van der Waals surface area contributed by atoms with E-state index in [1.807, 2.05) is 0 Å². The van der Waals surface area contributed by atoms with Gasteiger partial charge in [-0.1, -0.05) is 13.8 Å². The van der Waals surface area contributed by atoms with Crippen LogP contribution in [0.25, 0.3) is 0 Å². The van der Waals surface area contributed by atoms with Crippen molar-refractivity contribution in [3.8, 4) is 0 Å². The van der Waals surface area contributed by atoms with Crippen LogP contribution < -0.4 is 11.1 Å². The Kier molecular flexibility index (Phi) is 3.27. The van der Waals surface area contributed by atoms with Gasteiger partial charge in [0.25, 0.3) is 0 Å². The highest BCUT2D eigenvalue weighted by Gasteiger charge is 2.25. The largest absolute Gasteiger partial charge is 0.384 e. The van der Waals surface area contributed by atoms with Crippen molar-refractivity contribution in [1.82, 2.24) is 9.97 Å². The maximum atomic E-state index is 5.63. The minimum atomic E-state index is 0.484. The van der Waals surface area contributed by atoms with Crippen LogP contribution in [0.2, 0.25) is 0 Å². The van der Waals surface area contributed by atoms with Gasteiger partial charge in [-0.3, -0.25) is 0 Å². The molecular formula is C12H20N4. The summed E-state index contributed by atoms with van der Waals surface area (Å²) >= 11 is 0. The van der Waals surface area contributed by atoms with E-state index in [9.17, 15) is 0 Å². The third kappa shape index (κ3) is 2.62. The number of nitrogens with zero attached hydrogens (tertiary/aromatic N) is 2. The Morgan fingerprint density at radius 1 is 1.38 bits per heavy atom. The minimum Gasteiger partial charge on any atom is -0.384 e. The smallest absolute Gasteiger partial charge is 0.224 e. The molecule has 2 rings (SSSR count). The predicted molar refractivity (Wildman–Crippen MR) is 66.0 cm³/mol. The summed E-state index contributed by atoms with van der Waals surface area (Å²) in [6.45, 7) is 4.61. The van der Waals surface area contributed by atoms with Crippen LogP contribution in [0, 0.1) is 11.8 Å². The number of nitrogens with one attached hydrogen (secondary N) is 1. The molecule has 0 amide bonds. The second-order valence-corrected chi connectivity index (χ2v) is 4.95. The van der Waals surface area contributed by atoms with Crippen LogP contribution in [0.15, 0.2) is 12.3 Å². The van der Waals surface area contributed by atoms with Gasteiger partial charge in [-0.25, -0.2) is 4.98 Å². The predicted octanol–water partition coefficient (Wildman–Crippen LogP) is 2.30. The van der Waals surface area contributed by atoms with Gasteiger partial charge in [0.05, 0.1) is 0 Å². The van der Waals surface area contributed by atoms with Crippen molar-refractivity contribution in [2.24, 2.45) is 11.8 Å². The second kappa shape index (κ2) is 4.68. The molecule has 0 bridgehead atoms. The molecule has 3 atom stereocenters. The number of anilines is 2. The molecule has 0 saturated heterocycles. The molecule has 0 aliphatic heterocycles. The molecular weight excluding hydrogens is 200 g/mol. The monoisotopic (exact) mass is 220 g/mol. The summed E-state index contributed by atoms with van der Waals surface area (Å²) in [5.74, 6) is 2.70. The Morgan fingerprint density at radius 2 is 2.19 bits per heavy atom. The molecule has 1 saturated carbocycles. The lowest BCUT2D eigenvalue weighted by Crippen LogP contribution is -2.33. The van der Waals surface area contributed by atoms with Gasteiger partial charge < -0.3 is 11.1 Å². The normalized spacial score (nSPS) is 30.0. The van der Waals surface area contributed by atoms with Crippen molar-refractivity contribution in [2.45, 2.75) is 39.2 Å². The minimum absolute atomic E-state index is 0.484. The van der Waals surface area contributed by atoms with Gasteiger partial charge in [-0.2, -0.15) is 4.98 Å². The highest BCUT2D eigenvalue weighted by molar-refractivity contribution is 5.35. The lowest BCUT2D eigenvalue weighted by atomic mass is 9.80. The zero-order valence-corrected chi connectivity index (χ0v) is 9.98. The van der Waals surface area contributed by atoms with Gasteiger partial charge in [-0.05, 0) is 37.2 Å². The molecule has 16 heavy (non-hydrogen) atoms. The Labute approximate surface area is 96.7 Å². The molecule has 0 spiro atoms. The maximum Gasteiger partial charge on any atom is 0.224 e. The molecule has 0 aromatic carbocycles. The molecule has 88 valence electrons. The molecule has 4 heteroatoms. The van der Waals surface area contributed by atoms with Crippen LogP contribution >= 0.6 is 0 Å². The van der Waals surface area contributed by atoms with Gasteiger partial charge in [-0.15, -0.1) is 0 Å². The molecule has 0 radical (unpaired) electrons. The number of aromatic nitrogens is 2. The fourth-order valence-corrected chi connectivity index (χ4v) is 2.49. The zero-order chi connectivity index (χ0) is 11.5. The van der Waals surface area contributed by atoms with Crippen LogP contribution in [-0.2, 0) is 0 Å². The van der Waals surface area contributed by atoms with E-state index >= 15 is 0 Å². The van der Waals surface area contributed by atoms with Crippen LogP contribution in [0.3, 0.4) is 0 Å². The van der Waals surface area contributed by atoms with Gasteiger partial charge in [0.1, 0.15) is 5.82 Å². The molecule has 1 aromatic heterocycles. The Morgan fingerprint density at radius 3 is 2.88 bits per heavy atom. The number of nitrogens with two attached hydrogens (primary N) is 1. The number of hydrogen-bond donors (Lipinski definition) is 2. The van der Waals surface area contributed by atoms with E-state index in [0.717, 1.165) is 5.92 Å². The van der Waals surface area contributed by atoms with Crippen LogP contribution in [0.4, 0.5) is 11.8 Å². The Hall–Kier alpha value is -1.32. The first-order valence-corrected chi connectivity index (χ1v) is 6.00. The third-order valence-corrected chi connectivity index (χ3v) is 3.42. The first kappa shape index (κ1) is 11.2. The Bertz CT molecular complexity index is 353. The van der Waals surface area contributed by atoms with Crippen molar-refractivity contribution in [1.29, 1.82) is 0 Å². The highest BCUT2D eigenvalue weighted by Crippen LogP contribution is 2.30. The SMILES string of the molecule is CC1CCC(Nc2nccc(N)n2)C(C)C1. The molecule has 3 unspecified atom stereocenters. The van der Waals surface area contributed by atoms with Gasteiger partial charge in [0.15, 0.2) is 0 Å². The summed E-state index contributed by atoms with van der Waals surface area (Å²) < 4.78 is 0. The van der Waals surface area contributed by atoms with Gasteiger partial charge in [0.2, 0.25) is 5.95 Å². The van der Waals surface area contributed by atoms with E-state index in [1.165, 1.54) is 19.3 Å². The van der Waals surface area contributed by atoms with Gasteiger partial charge >= 0.3 is 0 Å². The molecule has 1 fully saturated rings. The van der Waals surface area contributed by atoms with E-state index in [2.05, 4.69) is 29.1 Å². The van der Waals surface area contributed by atoms with Crippen LogP contribution in [0.5, 0.6) is 0 Å². The molecule has 4 nitrogen and oxygen atoms in total. The average molecular weight is 220 g/mol. The summed E-state index contributed by atoms with van der Waals surface area (Å²) in [5.41, 5.74) is 5.63. The lowest BCUT2D eigenvalue weighted by Gasteiger charge is -2.33. The Balaban J connectivity index is 1.99. The molecule has 1 aliphatic carbocycles. The summed E-state index contributed by atoms with van der Waals surface area (Å²) in [5, 5.41) is 3.39. The van der Waals surface area contributed by atoms with E-state index in [0.29, 0.717) is 23.7 Å². The van der Waals surface area contributed by atoms with Crippen LogP contribution in [0.1, 0.15) is 33.1 Å². The maximum absolute atomic E-state index is 5.63. The average Bonchev–Trinajstić information content (AvgIpc) is 2.22. The van der Waals surface area contributed by atoms with Gasteiger partial charge in [0, 0.05) is 12.2 Å². The van der Waals surface area contributed by atoms with E-state index in [-0.39, 0.29) is 0 Å². The topological polar surface area (TPSA) is 63.8 Å². The summed E-state index contributed by atoms with van der Waals surface area (Å²) in [4.78, 5) is 8.36. The fourth-order valence-electron chi connectivity index (χ4n) is 2.49. The van der Waals surface area contributed by atoms with E-state index in [4.69, 9.17) is 5.73 Å². The molecule has 3 N–H and O–H groups in total. The highest BCUT2D eigenvalue weighted by atomic mass is 15.1. The fraction of sp³-hybridized carbons (Fsp3) is 0.667. The first-order valence-electron chi connectivity index (χ1n) is 6.00. The van der Waals surface area contributed by atoms with Crippen molar-refractivity contribution in [3.05, 3.63) is 12.3 Å². The van der Waals surface area contributed by atoms with Crippen LogP contribution in [-0.4, -0.2) is 16.0 Å². The van der Waals surface area contributed by atoms with Crippen molar-refractivity contribution >= 4 is 11.8 Å². The first-order chi connectivity index (χ1) is 7.65.